The van der Waals surface area contributed by atoms with Crippen molar-refractivity contribution in [2.24, 2.45) is 0 Å². The SMILES string of the molecule is CC(NC(=O)N1CCN(c2ccc(F)cc2)CC1)C(=O)NCc1ccncc1. The van der Waals surface area contributed by atoms with E-state index in [1.54, 1.807) is 36.4 Å². The molecule has 0 aliphatic carbocycles. The number of halogens is 1. The number of carbonyl (C=O) groups is 2. The van der Waals surface area contributed by atoms with E-state index in [9.17, 15) is 14.0 Å². The number of anilines is 1. The molecular formula is C20H24FN5O2. The smallest absolute Gasteiger partial charge is 0.318 e. The van der Waals surface area contributed by atoms with E-state index >= 15 is 0 Å². The minimum absolute atomic E-state index is 0.241. The van der Waals surface area contributed by atoms with E-state index in [0.29, 0.717) is 32.7 Å². The van der Waals surface area contributed by atoms with Crippen LogP contribution in [-0.2, 0) is 11.3 Å². The van der Waals surface area contributed by atoms with Gasteiger partial charge in [0.1, 0.15) is 11.9 Å². The zero-order chi connectivity index (χ0) is 19.9. The number of nitrogens with one attached hydrogen (secondary N) is 2. The minimum Gasteiger partial charge on any atom is -0.368 e. The molecule has 2 aromatic rings. The van der Waals surface area contributed by atoms with Crippen LogP contribution >= 0.6 is 0 Å². The van der Waals surface area contributed by atoms with Crippen LogP contribution < -0.4 is 15.5 Å². The molecule has 1 aromatic carbocycles. The van der Waals surface area contributed by atoms with Gasteiger partial charge < -0.3 is 20.4 Å². The zero-order valence-electron chi connectivity index (χ0n) is 15.8. The van der Waals surface area contributed by atoms with Crippen LogP contribution in [0.4, 0.5) is 14.9 Å². The summed E-state index contributed by atoms with van der Waals surface area (Å²) in [5, 5.41) is 5.54. The van der Waals surface area contributed by atoms with Crippen molar-refractivity contribution < 1.29 is 14.0 Å². The number of piperazine rings is 1. The third kappa shape index (κ3) is 5.18. The molecule has 3 rings (SSSR count). The van der Waals surface area contributed by atoms with Crippen LogP contribution in [0.3, 0.4) is 0 Å². The van der Waals surface area contributed by atoms with Gasteiger partial charge in [-0.2, -0.15) is 0 Å². The van der Waals surface area contributed by atoms with E-state index in [4.69, 9.17) is 0 Å². The van der Waals surface area contributed by atoms with Crippen LogP contribution in [0.5, 0.6) is 0 Å². The number of rotatable bonds is 5. The largest absolute Gasteiger partial charge is 0.368 e. The quantitative estimate of drug-likeness (QED) is 0.822. The number of hydrogen-bond acceptors (Lipinski definition) is 4. The van der Waals surface area contributed by atoms with E-state index in [1.165, 1.54) is 12.1 Å². The zero-order valence-corrected chi connectivity index (χ0v) is 15.8. The summed E-state index contributed by atoms with van der Waals surface area (Å²) in [5.41, 5.74) is 1.88. The second-order valence-corrected chi connectivity index (χ2v) is 6.69. The third-order valence-corrected chi connectivity index (χ3v) is 4.71. The highest BCUT2D eigenvalue weighted by molar-refractivity contribution is 5.86. The van der Waals surface area contributed by atoms with Crippen molar-refractivity contribution in [3.05, 3.63) is 60.2 Å². The summed E-state index contributed by atoms with van der Waals surface area (Å²) in [6.45, 7) is 4.43. The molecule has 1 atom stereocenters. The maximum Gasteiger partial charge on any atom is 0.318 e. The van der Waals surface area contributed by atoms with Gasteiger partial charge in [0.05, 0.1) is 0 Å². The van der Waals surface area contributed by atoms with Crippen molar-refractivity contribution in [2.45, 2.75) is 19.5 Å². The molecule has 1 saturated heterocycles. The first-order valence-corrected chi connectivity index (χ1v) is 9.25. The molecule has 0 radical (unpaired) electrons. The van der Waals surface area contributed by atoms with E-state index in [-0.39, 0.29) is 17.8 Å². The molecule has 0 spiro atoms. The Balaban J connectivity index is 1.43. The molecule has 8 heteroatoms. The standard InChI is InChI=1S/C20H24FN5O2/c1-15(19(27)23-14-16-6-8-22-9-7-16)24-20(28)26-12-10-25(11-13-26)18-4-2-17(21)3-5-18/h2-9,15H,10-14H2,1H3,(H,23,27)(H,24,28). The Morgan fingerprint density at radius 2 is 1.71 bits per heavy atom. The number of benzene rings is 1. The summed E-state index contributed by atoms with van der Waals surface area (Å²) in [6, 6.07) is 9.09. The molecule has 3 amide bonds. The molecule has 28 heavy (non-hydrogen) atoms. The van der Waals surface area contributed by atoms with Crippen molar-refractivity contribution >= 4 is 17.6 Å². The summed E-state index contributed by atoms with van der Waals surface area (Å²) in [6.07, 6.45) is 3.33. The molecule has 0 bridgehead atoms. The second-order valence-electron chi connectivity index (χ2n) is 6.69. The number of amides is 3. The fourth-order valence-corrected chi connectivity index (χ4v) is 3.00. The van der Waals surface area contributed by atoms with Gasteiger partial charge in [-0.1, -0.05) is 0 Å². The molecule has 1 aromatic heterocycles. The Morgan fingerprint density at radius 3 is 2.36 bits per heavy atom. The van der Waals surface area contributed by atoms with E-state index < -0.39 is 6.04 Å². The molecule has 0 saturated carbocycles. The molecule has 1 aliphatic rings. The highest BCUT2D eigenvalue weighted by Gasteiger charge is 2.24. The van der Waals surface area contributed by atoms with Gasteiger partial charge in [-0.3, -0.25) is 9.78 Å². The van der Waals surface area contributed by atoms with Crippen molar-refractivity contribution in [1.82, 2.24) is 20.5 Å². The Morgan fingerprint density at radius 1 is 1.07 bits per heavy atom. The van der Waals surface area contributed by atoms with Gasteiger partial charge in [0, 0.05) is 50.8 Å². The third-order valence-electron chi connectivity index (χ3n) is 4.71. The van der Waals surface area contributed by atoms with Gasteiger partial charge in [-0.25, -0.2) is 9.18 Å². The Hall–Kier alpha value is -3.16. The number of aromatic nitrogens is 1. The van der Waals surface area contributed by atoms with Crippen LogP contribution in [0.2, 0.25) is 0 Å². The van der Waals surface area contributed by atoms with Gasteiger partial charge >= 0.3 is 6.03 Å². The van der Waals surface area contributed by atoms with Crippen molar-refractivity contribution in [1.29, 1.82) is 0 Å². The predicted molar refractivity (Wildman–Crippen MR) is 104 cm³/mol. The molecule has 7 nitrogen and oxygen atoms in total. The van der Waals surface area contributed by atoms with E-state index in [2.05, 4.69) is 20.5 Å². The fraction of sp³-hybridized carbons (Fsp3) is 0.350. The number of carbonyl (C=O) groups excluding carboxylic acids is 2. The van der Waals surface area contributed by atoms with Crippen molar-refractivity contribution in [2.75, 3.05) is 31.1 Å². The topological polar surface area (TPSA) is 77.6 Å². The number of pyridine rings is 1. The van der Waals surface area contributed by atoms with Gasteiger partial charge in [0.25, 0.3) is 0 Å². The molecular weight excluding hydrogens is 361 g/mol. The van der Waals surface area contributed by atoms with Crippen LogP contribution in [0.1, 0.15) is 12.5 Å². The maximum atomic E-state index is 13.0. The average molecular weight is 385 g/mol. The Labute approximate surface area is 163 Å². The lowest BCUT2D eigenvalue weighted by Crippen LogP contribution is -2.55. The summed E-state index contributed by atoms with van der Waals surface area (Å²) in [4.78, 5) is 32.4. The Bertz CT molecular complexity index is 792. The normalized spacial score (nSPS) is 15.1. The summed E-state index contributed by atoms with van der Waals surface area (Å²) >= 11 is 0. The number of nitrogens with zero attached hydrogens (tertiary/aromatic N) is 3. The van der Waals surface area contributed by atoms with Crippen molar-refractivity contribution in [3.8, 4) is 0 Å². The molecule has 1 aliphatic heterocycles. The number of hydrogen-bond donors (Lipinski definition) is 2. The summed E-state index contributed by atoms with van der Waals surface area (Å²) in [5.74, 6) is -0.506. The Kier molecular flexibility index (Phi) is 6.41. The van der Waals surface area contributed by atoms with Crippen molar-refractivity contribution in [3.63, 3.8) is 0 Å². The first kappa shape index (κ1) is 19.6. The lowest BCUT2D eigenvalue weighted by atomic mass is 10.2. The van der Waals surface area contributed by atoms with Crippen LogP contribution in [-0.4, -0.2) is 54.0 Å². The first-order chi connectivity index (χ1) is 13.5. The molecule has 2 N–H and O–H groups in total. The fourth-order valence-electron chi connectivity index (χ4n) is 3.00. The highest BCUT2D eigenvalue weighted by Crippen LogP contribution is 2.16. The summed E-state index contributed by atoms with van der Waals surface area (Å²) in [7, 11) is 0. The lowest BCUT2D eigenvalue weighted by molar-refractivity contribution is -0.122. The molecule has 148 valence electrons. The van der Waals surface area contributed by atoms with Gasteiger partial charge in [-0.15, -0.1) is 0 Å². The first-order valence-electron chi connectivity index (χ1n) is 9.25. The lowest BCUT2D eigenvalue weighted by Gasteiger charge is -2.36. The van der Waals surface area contributed by atoms with Gasteiger partial charge in [0.15, 0.2) is 0 Å². The van der Waals surface area contributed by atoms with E-state index in [0.717, 1.165) is 11.3 Å². The molecule has 1 unspecified atom stereocenters. The maximum absolute atomic E-state index is 13.0. The number of urea groups is 1. The average Bonchev–Trinajstić information content (AvgIpc) is 2.73. The van der Waals surface area contributed by atoms with Gasteiger partial charge in [-0.05, 0) is 48.9 Å². The van der Waals surface area contributed by atoms with Crippen LogP contribution in [0.25, 0.3) is 0 Å². The monoisotopic (exact) mass is 385 g/mol. The molecule has 1 fully saturated rings. The van der Waals surface area contributed by atoms with Gasteiger partial charge in [0.2, 0.25) is 5.91 Å². The van der Waals surface area contributed by atoms with E-state index in [1.807, 2.05) is 12.1 Å². The summed E-state index contributed by atoms with van der Waals surface area (Å²) < 4.78 is 13.0. The minimum atomic E-state index is -0.635. The molecule has 2 heterocycles. The second kappa shape index (κ2) is 9.16. The van der Waals surface area contributed by atoms with Crippen LogP contribution in [0.15, 0.2) is 48.8 Å². The predicted octanol–water partition coefficient (Wildman–Crippen LogP) is 1.76. The highest BCUT2D eigenvalue weighted by atomic mass is 19.1. The van der Waals surface area contributed by atoms with Crippen LogP contribution in [0, 0.1) is 5.82 Å².